The number of carbonyl (C=O) groups excluding carboxylic acids is 2. The first-order valence-electron chi connectivity index (χ1n) is 9.51. The first-order chi connectivity index (χ1) is 13.6. The van der Waals surface area contributed by atoms with E-state index in [0.717, 1.165) is 37.7 Å². The lowest BCUT2D eigenvalue weighted by Crippen LogP contribution is -2.38. The summed E-state index contributed by atoms with van der Waals surface area (Å²) in [5, 5.41) is 2.86. The van der Waals surface area contributed by atoms with Crippen LogP contribution in [0.1, 0.15) is 23.0 Å². The van der Waals surface area contributed by atoms with Gasteiger partial charge >= 0.3 is 0 Å². The topological polar surface area (TPSA) is 74.8 Å². The number of ether oxygens (including phenoxy) is 1. The standard InChI is InChI=1S/C21H26N4O3/c1-3-24(21(27)17-5-4-16(2)22-14-17)15-20(26)23-18-6-8-19(9-7-18)25-10-12-28-13-11-25/h4-9,14H,3,10-13,15H2,1-2H3,(H,23,26). The molecule has 0 bridgehead atoms. The monoisotopic (exact) mass is 382 g/mol. The van der Waals surface area contributed by atoms with Gasteiger partial charge in [0.25, 0.3) is 5.91 Å². The molecule has 1 fully saturated rings. The van der Waals surface area contributed by atoms with Crippen LogP contribution in [0.25, 0.3) is 0 Å². The fraction of sp³-hybridized carbons (Fsp3) is 0.381. The SMILES string of the molecule is CCN(CC(=O)Nc1ccc(N2CCOCC2)cc1)C(=O)c1ccc(C)nc1. The van der Waals surface area contributed by atoms with Crippen LogP contribution in [0.4, 0.5) is 11.4 Å². The highest BCUT2D eigenvalue weighted by Gasteiger charge is 2.18. The summed E-state index contributed by atoms with van der Waals surface area (Å²) in [4.78, 5) is 32.9. The van der Waals surface area contributed by atoms with E-state index in [1.807, 2.05) is 38.1 Å². The second-order valence-corrected chi connectivity index (χ2v) is 6.70. The minimum Gasteiger partial charge on any atom is -0.378 e. The molecule has 1 aromatic heterocycles. The maximum Gasteiger partial charge on any atom is 0.255 e. The Hall–Kier alpha value is -2.93. The van der Waals surface area contributed by atoms with Gasteiger partial charge in [-0.1, -0.05) is 0 Å². The van der Waals surface area contributed by atoms with Crippen LogP contribution in [0.5, 0.6) is 0 Å². The molecule has 2 heterocycles. The molecule has 0 saturated carbocycles. The molecule has 1 aromatic carbocycles. The Morgan fingerprint density at radius 2 is 1.86 bits per heavy atom. The average Bonchev–Trinajstić information content (AvgIpc) is 2.73. The molecule has 1 N–H and O–H groups in total. The molecule has 3 rings (SSSR count). The van der Waals surface area contributed by atoms with E-state index in [1.54, 1.807) is 18.3 Å². The van der Waals surface area contributed by atoms with Crippen molar-refractivity contribution in [1.82, 2.24) is 9.88 Å². The Labute approximate surface area is 165 Å². The molecule has 0 radical (unpaired) electrons. The van der Waals surface area contributed by atoms with Gasteiger partial charge in [0, 0.05) is 42.9 Å². The molecule has 0 spiro atoms. The third kappa shape index (κ3) is 5.07. The first-order valence-corrected chi connectivity index (χ1v) is 9.51. The number of carbonyl (C=O) groups is 2. The van der Waals surface area contributed by atoms with Gasteiger partial charge in [0.05, 0.1) is 18.8 Å². The lowest BCUT2D eigenvalue weighted by Gasteiger charge is -2.29. The van der Waals surface area contributed by atoms with Gasteiger partial charge in [-0.15, -0.1) is 0 Å². The van der Waals surface area contributed by atoms with Gasteiger partial charge in [0.15, 0.2) is 0 Å². The zero-order chi connectivity index (χ0) is 19.9. The van der Waals surface area contributed by atoms with E-state index in [0.29, 0.717) is 17.8 Å². The number of aryl methyl sites for hydroxylation is 1. The summed E-state index contributed by atoms with van der Waals surface area (Å²) >= 11 is 0. The van der Waals surface area contributed by atoms with E-state index >= 15 is 0 Å². The number of amides is 2. The van der Waals surface area contributed by atoms with Crippen molar-refractivity contribution in [1.29, 1.82) is 0 Å². The van der Waals surface area contributed by atoms with Crippen LogP contribution in [-0.2, 0) is 9.53 Å². The van der Waals surface area contributed by atoms with Crippen molar-refractivity contribution in [2.45, 2.75) is 13.8 Å². The number of hydrogen-bond donors (Lipinski definition) is 1. The maximum atomic E-state index is 12.6. The smallest absolute Gasteiger partial charge is 0.255 e. The summed E-state index contributed by atoms with van der Waals surface area (Å²) in [7, 11) is 0. The third-order valence-corrected chi connectivity index (χ3v) is 4.69. The zero-order valence-corrected chi connectivity index (χ0v) is 16.4. The van der Waals surface area contributed by atoms with E-state index in [-0.39, 0.29) is 18.4 Å². The molecule has 0 atom stereocenters. The molecular weight excluding hydrogens is 356 g/mol. The van der Waals surface area contributed by atoms with Crippen molar-refractivity contribution in [3.63, 3.8) is 0 Å². The number of rotatable bonds is 6. The van der Waals surface area contributed by atoms with Crippen LogP contribution in [0.3, 0.4) is 0 Å². The Balaban J connectivity index is 1.57. The Morgan fingerprint density at radius 3 is 2.46 bits per heavy atom. The van der Waals surface area contributed by atoms with E-state index in [2.05, 4.69) is 15.2 Å². The quantitative estimate of drug-likeness (QED) is 0.830. The molecule has 7 heteroatoms. The fourth-order valence-corrected chi connectivity index (χ4v) is 3.06. The predicted molar refractivity (Wildman–Crippen MR) is 109 cm³/mol. The number of nitrogens with one attached hydrogen (secondary N) is 1. The average molecular weight is 382 g/mol. The maximum absolute atomic E-state index is 12.6. The molecule has 0 aliphatic carbocycles. The van der Waals surface area contributed by atoms with Gasteiger partial charge in [0.2, 0.25) is 5.91 Å². The van der Waals surface area contributed by atoms with Crippen molar-refractivity contribution in [3.05, 3.63) is 53.9 Å². The van der Waals surface area contributed by atoms with E-state index in [4.69, 9.17) is 4.74 Å². The van der Waals surface area contributed by atoms with Crippen LogP contribution >= 0.6 is 0 Å². The van der Waals surface area contributed by atoms with Crippen LogP contribution in [0, 0.1) is 6.92 Å². The van der Waals surface area contributed by atoms with Gasteiger partial charge in [-0.05, 0) is 50.2 Å². The normalized spacial score (nSPS) is 13.9. The van der Waals surface area contributed by atoms with Gasteiger partial charge in [0.1, 0.15) is 6.54 Å². The lowest BCUT2D eigenvalue weighted by atomic mass is 10.2. The molecular formula is C21H26N4O3. The van der Waals surface area contributed by atoms with Crippen LogP contribution in [-0.4, -0.2) is 61.1 Å². The van der Waals surface area contributed by atoms with Crippen molar-refractivity contribution >= 4 is 23.2 Å². The second kappa shape index (κ2) is 9.32. The summed E-state index contributed by atoms with van der Waals surface area (Å²) in [6.45, 7) is 7.35. The zero-order valence-electron chi connectivity index (χ0n) is 16.4. The number of nitrogens with zero attached hydrogens (tertiary/aromatic N) is 3. The highest BCUT2D eigenvalue weighted by atomic mass is 16.5. The minimum atomic E-state index is -0.227. The number of morpholine rings is 1. The minimum absolute atomic E-state index is 0.00553. The van der Waals surface area contributed by atoms with Gasteiger partial charge in [-0.25, -0.2) is 0 Å². The molecule has 0 unspecified atom stereocenters. The number of anilines is 2. The number of benzene rings is 1. The Morgan fingerprint density at radius 1 is 1.14 bits per heavy atom. The van der Waals surface area contributed by atoms with Gasteiger partial charge < -0.3 is 19.9 Å². The van der Waals surface area contributed by atoms with Crippen molar-refractivity contribution in [2.75, 3.05) is 49.6 Å². The molecule has 1 saturated heterocycles. The fourth-order valence-electron chi connectivity index (χ4n) is 3.06. The highest BCUT2D eigenvalue weighted by molar-refractivity contribution is 5.99. The van der Waals surface area contributed by atoms with Crippen LogP contribution in [0.15, 0.2) is 42.6 Å². The predicted octanol–water partition coefficient (Wildman–Crippen LogP) is 2.33. The lowest BCUT2D eigenvalue weighted by molar-refractivity contribution is -0.116. The van der Waals surface area contributed by atoms with Crippen molar-refractivity contribution in [3.8, 4) is 0 Å². The third-order valence-electron chi connectivity index (χ3n) is 4.69. The van der Waals surface area contributed by atoms with Gasteiger partial charge in [-0.2, -0.15) is 0 Å². The van der Waals surface area contributed by atoms with Crippen molar-refractivity contribution < 1.29 is 14.3 Å². The van der Waals surface area contributed by atoms with E-state index in [1.165, 1.54) is 4.90 Å². The molecule has 148 valence electrons. The van der Waals surface area contributed by atoms with E-state index in [9.17, 15) is 9.59 Å². The summed E-state index contributed by atoms with van der Waals surface area (Å²) in [5.74, 6) is -0.429. The number of aromatic nitrogens is 1. The summed E-state index contributed by atoms with van der Waals surface area (Å²) < 4.78 is 5.37. The van der Waals surface area contributed by atoms with Gasteiger partial charge in [-0.3, -0.25) is 14.6 Å². The van der Waals surface area contributed by atoms with Crippen LogP contribution < -0.4 is 10.2 Å². The molecule has 2 amide bonds. The number of hydrogen-bond acceptors (Lipinski definition) is 5. The van der Waals surface area contributed by atoms with E-state index < -0.39 is 0 Å². The summed E-state index contributed by atoms with van der Waals surface area (Å²) in [6.07, 6.45) is 1.54. The molecule has 1 aliphatic rings. The van der Waals surface area contributed by atoms with Crippen molar-refractivity contribution in [2.24, 2.45) is 0 Å². The Kier molecular flexibility index (Phi) is 6.60. The number of likely N-dealkylation sites (N-methyl/N-ethyl adjacent to an activating group) is 1. The summed E-state index contributed by atoms with van der Waals surface area (Å²) in [6, 6.07) is 11.3. The molecule has 1 aliphatic heterocycles. The van der Waals surface area contributed by atoms with Crippen LogP contribution in [0.2, 0.25) is 0 Å². The first kappa shape index (κ1) is 19.8. The molecule has 7 nitrogen and oxygen atoms in total. The second-order valence-electron chi connectivity index (χ2n) is 6.70. The molecule has 2 aromatic rings. The molecule has 28 heavy (non-hydrogen) atoms. The largest absolute Gasteiger partial charge is 0.378 e. The number of pyridine rings is 1. The Bertz CT molecular complexity index is 799. The highest BCUT2D eigenvalue weighted by Crippen LogP contribution is 2.19. The summed E-state index contributed by atoms with van der Waals surface area (Å²) in [5.41, 5.74) is 3.15.